The van der Waals surface area contributed by atoms with E-state index in [-0.39, 0.29) is 6.04 Å². The van der Waals surface area contributed by atoms with E-state index in [4.69, 9.17) is 9.97 Å². The number of hydrogen-bond acceptors (Lipinski definition) is 3. The van der Waals surface area contributed by atoms with Crippen molar-refractivity contribution in [2.45, 2.75) is 77.2 Å². The fraction of sp³-hybridized carbons (Fsp3) is 0.259. The minimum atomic E-state index is 0.197. The van der Waals surface area contributed by atoms with E-state index in [2.05, 4.69) is 169 Å². The summed E-state index contributed by atoms with van der Waals surface area (Å²) < 4.78 is 2.68. The van der Waals surface area contributed by atoms with Crippen LogP contribution in [0.1, 0.15) is 91.3 Å². The van der Waals surface area contributed by atoms with E-state index < -0.39 is 0 Å². The first kappa shape index (κ1) is 35.2. The number of aromatic nitrogens is 3. The fourth-order valence-corrected chi connectivity index (χ4v) is 10.4. The zero-order valence-electron chi connectivity index (χ0n) is 33.6. The van der Waals surface area contributed by atoms with Gasteiger partial charge in [0.1, 0.15) is 0 Å². The molecule has 4 unspecified atom stereocenters. The average Bonchev–Trinajstić information content (AvgIpc) is 3.78. The van der Waals surface area contributed by atoms with Crippen LogP contribution in [0.4, 0.5) is 11.4 Å². The average molecular weight is 755 g/mol. The van der Waals surface area contributed by atoms with Gasteiger partial charge in [-0.1, -0.05) is 123 Å². The van der Waals surface area contributed by atoms with Crippen molar-refractivity contribution in [2.75, 3.05) is 4.90 Å². The molecule has 2 aromatic heterocycles. The third-order valence-electron chi connectivity index (χ3n) is 13.3. The Morgan fingerprint density at radius 1 is 0.672 bits per heavy atom. The van der Waals surface area contributed by atoms with Gasteiger partial charge in [0.05, 0.1) is 17.4 Å². The number of para-hydroxylation sites is 1. The third kappa shape index (κ3) is 6.12. The van der Waals surface area contributed by atoms with Gasteiger partial charge in [0.2, 0.25) is 0 Å². The molecule has 3 aromatic carbocycles. The van der Waals surface area contributed by atoms with E-state index in [1.807, 2.05) is 0 Å². The van der Waals surface area contributed by atoms with Crippen LogP contribution in [-0.2, 0) is 19.3 Å². The summed E-state index contributed by atoms with van der Waals surface area (Å²) in [6.45, 7) is 4.79. The van der Waals surface area contributed by atoms with Crippen LogP contribution in [0, 0.1) is 11.8 Å². The Morgan fingerprint density at radius 3 is 2.41 bits per heavy atom. The maximum absolute atomic E-state index is 5.48. The van der Waals surface area contributed by atoms with Crippen molar-refractivity contribution in [1.29, 1.82) is 0 Å². The molecule has 0 bridgehead atoms. The van der Waals surface area contributed by atoms with Gasteiger partial charge in [0.15, 0.2) is 5.82 Å². The lowest BCUT2D eigenvalue weighted by atomic mass is 9.85. The van der Waals surface area contributed by atoms with Crippen molar-refractivity contribution < 1.29 is 0 Å². The number of fused-ring (bicyclic) bond motifs is 6. The monoisotopic (exact) mass is 754 g/mol. The van der Waals surface area contributed by atoms with Crippen LogP contribution in [0.3, 0.4) is 0 Å². The van der Waals surface area contributed by atoms with E-state index in [1.54, 1.807) is 5.56 Å². The molecular weight excluding hydrogens is 705 g/mol. The van der Waals surface area contributed by atoms with E-state index in [9.17, 15) is 0 Å². The Morgan fingerprint density at radius 2 is 1.53 bits per heavy atom. The molecule has 0 fully saturated rings. The smallest absolute Gasteiger partial charge is 0.156 e. The molecule has 4 heteroatoms. The molecular formula is C54H50N4. The zero-order valence-corrected chi connectivity index (χ0v) is 33.6. The van der Waals surface area contributed by atoms with Crippen LogP contribution in [0.5, 0.6) is 0 Å². The van der Waals surface area contributed by atoms with Gasteiger partial charge in [-0.3, -0.25) is 0 Å². The zero-order chi connectivity index (χ0) is 38.7. The van der Waals surface area contributed by atoms with E-state index in [1.165, 1.54) is 62.7 Å². The summed E-state index contributed by atoms with van der Waals surface area (Å²) in [4.78, 5) is 13.4. The van der Waals surface area contributed by atoms with Crippen LogP contribution >= 0.6 is 0 Å². The summed E-state index contributed by atoms with van der Waals surface area (Å²) in [7, 11) is 0. The van der Waals surface area contributed by atoms with Gasteiger partial charge in [-0.15, -0.1) is 0 Å². The van der Waals surface area contributed by atoms with Crippen LogP contribution in [0.15, 0.2) is 140 Å². The van der Waals surface area contributed by atoms with Crippen molar-refractivity contribution >= 4 is 28.6 Å². The van der Waals surface area contributed by atoms with E-state index in [0.717, 1.165) is 73.3 Å². The molecule has 3 heterocycles. The summed E-state index contributed by atoms with van der Waals surface area (Å²) in [5, 5.41) is 0. The van der Waals surface area contributed by atoms with Gasteiger partial charge in [0, 0.05) is 45.5 Å². The molecule has 58 heavy (non-hydrogen) atoms. The standard InChI is InChI=1S/C54H50N4/c1-35-24-26-46-47-27-25-36(2)29-53(47)58(52(46)28-35)43-32-41(31-42(33-43)57-50-22-11-9-20-44(50)45-21-10-12-23-51(45)57)49-34-48(55-54(56-49)38-16-7-4-8-17-38)40-19-13-18-39(30-40)37-14-5-3-6-15-37/h4-5,7,9-16,18-24,26,30-36,44,50H,3,6,8,17,25,27-29H2,1-2H3. The Labute approximate surface area is 343 Å². The topological polar surface area (TPSA) is 34.0 Å². The fourth-order valence-electron chi connectivity index (χ4n) is 10.4. The molecule has 286 valence electrons. The van der Waals surface area contributed by atoms with Crippen molar-refractivity contribution in [3.05, 3.63) is 179 Å². The first-order valence-corrected chi connectivity index (χ1v) is 21.6. The highest BCUT2D eigenvalue weighted by Gasteiger charge is 2.38. The van der Waals surface area contributed by atoms with E-state index >= 15 is 0 Å². The first-order valence-electron chi connectivity index (χ1n) is 21.6. The number of hydrogen-bond donors (Lipinski definition) is 0. The molecule has 0 spiro atoms. The predicted octanol–water partition coefficient (Wildman–Crippen LogP) is 13.1. The number of benzene rings is 3. The quantitative estimate of drug-likeness (QED) is 0.173. The molecule has 5 aromatic rings. The summed E-state index contributed by atoms with van der Waals surface area (Å²) in [6, 6.07) is 27.7. The molecule has 0 amide bonds. The second-order valence-corrected chi connectivity index (χ2v) is 17.3. The van der Waals surface area contributed by atoms with Gasteiger partial charge in [-0.2, -0.15) is 0 Å². The number of anilines is 2. The summed E-state index contributed by atoms with van der Waals surface area (Å²) in [6.07, 6.45) is 36.2. The van der Waals surface area contributed by atoms with Gasteiger partial charge in [-0.05, 0) is 133 Å². The molecule has 5 aliphatic carbocycles. The molecule has 4 nitrogen and oxygen atoms in total. The van der Waals surface area contributed by atoms with Crippen LogP contribution in [0.2, 0.25) is 0 Å². The highest BCUT2D eigenvalue weighted by molar-refractivity contribution is 5.83. The lowest BCUT2D eigenvalue weighted by molar-refractivity contribution is 0.489. The van der Waals surface area contributed by atoms with Crippen molar-refractivity contribution in [3.8, 4) is 28.2 Å². The van der Waals surface area contributed by atoms with Crippen molar-refractivity contribution in [1.82, 2.24) is 14.5 Å². The molecule has 0 saturated carbocycles. The number of nitrogens with zero attached hydrogens (tertiary/aromatic N) is 4. The van der Waals surface area contributed by atoms with Crippen molar-refractivity contribution in [2.24, 2.45) is 11.8 Å². The second-order valence-electron chi connectivity index (χ2n) is 17.3. The summed E-state index contributed by atoms with van der Waals surface area (Å²) in [5.41, 5.74) is 18.9. The van der Waals surface area contributed by atoms with Gasteiger partial charge < -0.3 is 9.47 Å². The Hall–Kier alpha value is -6.00. The van der Waals surface area contributed by atoms with Crippen LogP contribution in [0.25, 0.3) is 45.4 Å². The van der Waals surface area contributed by atoms with Gasteiger partial charge >= 0.3 is 0 Å². The molecule has 0 radical (unpaired) electrons. The molecule has 11 rings (SSSR count). The maximum Gasteiger partial charge on any atom is 0.156 e. The van der Waals surface area contributed by atoms with Crippen LogP contribution < -0.4 is 4.90 Å². The van der Waals surface area contributed by atoms with Crippen molar-refractivity contribution in [3.63, 3.8) is 0 Å². The Bertz CT molecular complexity index is 2690. The lowest BCUT2D eigenvalue weighted by Crippen LogP contribution is -2.28. The normalized spacial score (nSPS) is 22.6. The molecule has 0 saturated heterocycles. The molecule has 1 aliphatic heterocycles. The molecule has 0 N–H and O–H groups in total. The minimum absolute atomic E-state index is 0.197. The van der Waals surface area contributed by atoms with Gasteiger partial charge in [-0.25, -0.2) is 9.97 Å². The van der Waals surface area contributed by atoms with Gasteiger partial charge in [0.25, 0.3) is 0 Å². The predicted molar refractivity (Wildman–Crippen MR) is 241 cm³/mol. The highest BCUT2D eigenvalue weighted by atomic mass is 15.2. The SMILES string of the molecule is CC1C=Cc2c3c(n(-c4cc(-c5cc(-c6cccc(C7=CCCC=C7)c6)nc(C6=CC=CCC6)n5)cc(N5c6ccccc6C6C=CC=CC65)c4)c2C1)CC(C)CC3. The van der Waals surface area contributed by atoms with Crippen LogP contribution in [-0.4, -0.2) is 20.6 Å². The molecule has 4 atom stereocenters. The maximum atomic E-state index is 5.48. The number of rotatable bonds is 6. The Balaban J connectivity index is 1.15. The highest BCUT2D eigenvalue weighted by Crippen LogP contribution is 2.49. The molecule has 6 aliphatic rings. The first-order chi connectivity index (χ1) is 28.6. The second kappa shape index (κ2) is 14.4. The summed E-state index contributed by atoms with van der Waals surface area (Å²) >= 11 is 0. The summed E-state index contributed by atoms with van der Waals surface area (Å²) in [5.74, 6) is 2.27. The lowest BCUT2D eigenvalue weighted by Gasteiger charge is -2.30. The minimum Gasteiger partial charge on any atom is -0.333 e. The Kier molecular flexibility index (Phi) is 8.75. The number of allylic oxidation sites excluding steroid dienone is 11. The third-order valence-corrected chi connectivity index (χ3v) is 13.3. The van der Waals surface area contributed by atoms with E-state index in [0.29, 0.717) is 17.8 Å². The largest absolute Gasteiger partial charge is 0.333 e.